The Morgan fingerprint density at radius 3 is 2.36 bits per heavy atom. The number of hydrogen-bond donors (Lipinski definition) is 1. The molecule has 0 atom stereocenters. The zero-order chi connectivity index (χ0) is 17.6. The van der Waals surface area contributed by atoms with Crippen molar-refractivity contribution in [2.24, 2.45) is 5.10 Å². The van der Waals surface area contributed by atoms with E-state index >= 15 is 0 Å². The minimum absolute atomic E-state index is 0.674. The SMILES string of the molecule is Cc1nc(N/N=C\c2ccc(N(C)C)cc2)cc(-c2ccccc2)n1. The van der Waals surface area contributed by atoms with Crippen LogP contribution < -0.4 is 10.3 Å². The Morgan fingerprint density at radius 1 is 0.960 bits per heavy atom. The number of hydrogen-bond acceptors (Lipinski definition) is 5. The number of nitrogens with zero attached hydrogens (tertiary/aromatic N) is 4. The van der Waals surface area contributed by atoms with Gasteiger partial charge in [0.2, 0.25) is 0 Å². The molecule has 5 heteroatoms. The van der Waals surface area contributed by atoms with Crippen molar-refractivity contribution in [2.45, 2.75) is 6.92 Å². The summed E-state index contributed by atoms with van der Waals surface area (Å²) in [6.07, 6.45) is 1.78. The van der Waals surface area contributed by atoms with E-state index in [1.807, 2.05) is 69.6 Å². The molecule has 0 saturated carbocycles. The van der Waals surface area contributed by atoms with Gasteiger partial charge in [-0.1, -0.05) is 42.5 Å². The highest BCUT2D eigenvalue weighted by Crippen LogP contribution is 2.19. The lowest BCUT2D eigenvalue weighted by Gasteiger charge is -2.11. The van der Waals surface area contributed by atoms with E-state index in [1.54, 1.807) is 6.21 Å². The summed E-state index contributed by atoms with van der Waals surface area (Å²) in [5.74, 6) is 1.38. The van der Waals surface area contributed by atoms with Gasteiger partial charge in [0, 0.05) is 31.4 Å². The van der Waals surface area contributed by atoms with Gasteiger partial charge in [-0.05, 0) is 24.6 Å². The first-order chi connectivity index (χ1) is 12.1. The van der Waals surface area contributed by atoms with E-state index in [-0.39, 0.29) is 0 Å². The van der Waals surface area contributed by atoms with Crippen molar-refractivity contribution < 1.29 is 0 Å². The molecular weight excluding hydrogens is 310 g/mol. The van der Waals surface area contributed by atoms with E-state index in [4.69, 9.17) is 0 Å². The summed E-state index contributed by atoms with van der Waals surface area (Å²) in [7, 11) is 4.04. The van der Waals surface area contributed by atoms with E-state index in [0.29, 0.717) is 11.6 Å². The molecule has 5 nitrogen and oxygen atoms in total. The molecule has 0 bridgehead atoms. The monoisotopic (exact) mass is 331 g/mol. The molecule has 3 rings (SSSR count). The third-order valence-corrected chi connectivity index (χ3v) is 3.71. The van der Waals surface area contributed by atoms with Crippen molar-refractivity contribution in [3.63, 3.8) is 0 Å². The molecule has 0 unspecified atom stereocenters. The molecule has 0 aliphatic rings. The topological polar surface area (TPSA) is 53.4 Å². The van der Waals surface area contributed by atoms with Crippen LogP contribution in [0.4, 0.5) is 11.5 Å². The second-order valence-corrected chi connectivity index (χ2v) is 5.91. The lowest BCUT2D eigenvalue weighted by Crippen LogP contribution is -2.08. The number of aryl methyl sites for hydroxylation is 1. The van der Waals surface area contributed by atoms with E-state index in [0.717, 1.165) is 22.5 Å². The average Bonchev–Trinajstić information content (AvgIpc) is 2.62. The number of benzene rings is 2. The fraction of sp³-hybridized carbons (Fsp3) is 0.150. The maximum atomic E-state index is 4.49. The van der Waals surface area contributed by atoms with E-state index < -0.39 is 0 Å². The molecule has 1 N–H and O–H groups in total. The third kappa shape index (κ3) is 4.41. The molecule has 2 aromatic carbocycles. The third-order valence-electron chi connectivity index (χ3n) is 3.71. The summed E-state index contributed by atoms with van der Waals surface area (Å²) in [6, 6.07) is 20.1. The second-order valence-electron chi connectivity index (χ2n) is 5.91. The van der Waals surface area contributed by atoms with Crippen molar-refractivity contribution in [1.29, 1.82) is 0 Å². The van der Waals surface area contributed by atoms with Crippen LogP contribution in [0.15, 0.2) is 65.8 Å². The molecule has 0 fully saturated rings. The minimum atomic E-state index is 0.674. The van der Waals surface area contributed by atoms with Crippen LogP contribution in [0.5, 0.6) is 0 Å². The maximum absolute atomic E-state index is 4.49. The Labute approximate surface area is 148 Å². The molecule has 0 radical (unpaired) electrons. The van der Waals surface area contributed by atoms with E-state index in [2.05, 4.69) is 37.5 Å². The lowest BCUT2D eigenvalue weighted by atomic mass is 10.1. The molecule has 0 saturated heterocycles. The van der Waals surface area contributed by atoms with Crippen molar-refractivity contribution in [3.05, 3.63) is 72.1 Å². The zero-order valence-electron chi connectivity index (χ0n) is 14.6. The smallest absolute Gasteiger partial charge is 0.150 e. The second kappa shape index (κ2) is 7.57. The summed E-state index contributed by atoms with van der Waals surface area (Å²) >= 11 is 0. The Bertz CT molecular complexity index is 855. The summed E-state index contributed by atoms with van der Waals surface area (Å²) < 4.78 is 0. The average molecular weight is 331 g/mol. The van der Waals surface area contributed by atoms with Crippen LogP contribution in [0.1, 0.15) is 11.4 Å². The molecule has 0 amide bonds. The minimum Gasteiger partial charge on any atom is -0.378 e. The quantitative estimate of drug-likeness (QED) is 0.568. The fourth-order valence-electron chi connectivity index (χ4n) is 2.41. The van der Waals surface area contributed by atoms with Gasteiger partial charge in [-0.15, -0.1) is 0 Å². The van der Waals surface area contributed by atoms with E-state index in [9.17, 15) is 0 Å². The summed E-state index contributed by atoms with van der Waals surface area (Å²) in [5.41, 5.74) is 7.10. The Hall–Kier alpha value is -3.21. The number of rotatable bonds is 5. The standard InChI is InChI=1S/C20H21N5/c1-15-22-19(17-7-5-4-6-8-17)13-20(23-15)24-21-14-16-9-11-18(12-10-16)25(2)3/h4-14H,1-3H3,(H,22,23,24)/b21-14-. The predicted molar refractivity (Wildman–Crippen MR) is 104 cm³/mol. The zero-order valence-corrected chi connectivity index (χ0v) is 14.6. The van der Waals surface area contributed by atoms with Crippen molar-refractivity contribution in [3.8, 4) is 11.3 Å². The van der Waals surface area contributed by atoms with Crippen LogP contribution >= 0.6 is 0 Å². The largest absolute Gasteiger partial charge is 0.378 e. The lowest BCUT2D eigenvalue weighted by molar-refractivity contribution is 1.05. The van der Waals surface area contributed by atoms with Gasteiger partial charge < -0.3 is 4.90 Å². The number of aromatic nitrogens is 2. The number of hydrazone groups is 1. The first kappa shape index (κ1) is 16.6. The highest BCUT2D eigenvalue weighted by Gasteiger charge is 2.03. The van der Waals surface area contributed by atoms with Gasteiger partial charge >= 0.3 is 0 Å². The highest BCUT2D eigenvalue weighted by atomic mass is 15.3. The van der Waals surface area contributed by atoms with Crippen LogP contribution in [0.3, 0.4) is 0 Å². The normalized spacial score (nSPS) is 10.8. The molecule has 1 aromatic heterocycles. The van der Waals surface area contributed by atoms with Crippen molar-refractivity contribution in [1.82, 2.24) is 9.97 Å². The fourth-order valence-corrected chi connectivity index (χ4v) is 2.41. The molecule has 0 aliphatic carbocycles. The molecule has 1 heterocycles. The van der Waals surface area contributed by atoms with Gasteiger partial charge in [0.05, 0.1) is 11.9 Å². The Balaban J connectivity index is 1.73. The van der Waals surface area contributed by atoms with Crippen LogP contribution in [0.2, 0.25) is 0 Å². The highest BCUT2D eigenvalue weighted by molar-refractivity contribution is 5.81. The van der Waals surface area contributed by atoms with Gasteiger partial charge in [0.25, 0.3) is 0 Å². The first-order valence-corrected chi connectivity index (χ1v) is 8.09. The van der Waals surface area contributed by atoms with Crippen molar-refractivity contribution in [2.75, 3.05) is 24.4 Å². The maximum Gasteiger partial charge on any atom is 0.150 e. The van der Waals surface area contributed by atoms with Crippen LogP contribution in [-0.2, 0) is 0 Å². The first-order valence-electron chi connectivity index (χ1n) is 8.09. The van der Waals surface area contributed by atoms with Gasteiger partial charge in [0.1, 0.15) is 11.6 Å². The van der Waals surface area contributed by atoms with Crippen LogP contribution in [0.25, 0.3) is 11.3 Å². The summed E-state index contributed by atoms with van der Waals surface area (Å²) in [5, 5.41) is 4.28. The number of anilines is 2. The number of nitrogens with one attached hydrogen (secondary N) is 1. The van der Waals surface area contributed by atoms with Gasteiger partial charge in [-0.2, -0.15) is 5.10 Å². The molecular formula is C20H21N5. The van der Waals surface area contributed by atoms with Gasteiger partial charge in [0.15, 0.2) is 0 Å². The molecule has 3 aromatic rings. The Kier molecular flexibility index (Phi) is 5.04. The molecule has 0 spiro atoms. The van der Waals surface area contributed by atoms with Gasteiger partial charge in [-0.3, -0.25) is 5.43 Å². The Morgan fingerprint density at radius 2 is 1.68 bits per heavy atom. The van der Waals surface area contributed by atoms with E-state index in [1.165, 1.54) is 0 Å². The van der Waals surface area contributed by atoms with Crippen molar-refractivity contribution >= 4 is 17.7 Å². The van der Waals surface area contributed by atoms with Gasteiger partial charge in [-0.25, -0.2) is 9.97 Å². The van der Waals surface area contributed by atoms with Crippen LogP contribution in [-0.4, -0.2) is 30.3 Å². The molecule has 126 valence electrons. The predicted octanol–water partition coefficient (Wildman–Crippen LogP) is 3.96. The van der Waals surface area contributed by atoms with Crippen LogP contribution in [0, 0.1) is 6.92 Å². The molecule has 0 aliphatic heterocycles. The summed E-state index contributed by atoms with van der Waals surface area (Å²) in [4.78, 5) is 10.9. The summed E-state index contributed by atoms with van der Waals surface area (Å²) in [6.45, 7) is 1.88. The molecule has 25 heavy (non-hydrogen) atoms.